The maximum absolute atomic E-state index is 13.1. The van der Waals surface area contributed by atoms with E-state index in [0.29, 0.717) is 12.8 Å². The number of nitrogens with zero attached hydrogens (tertiary/aromatic N) is 1. The zero-order chi connectivity index (χ0) is 19.2. The second-order valence-electron chi connectivity index (χ2n) is 7.64. The van der Waals surface area contributed by atoms with E-state index in [1.807, 2.05) is 30.3 Å². The predicted octanol–water partition coefficient (Wildman–Crippen LogP) is 1.78. The Hall–Kier alpha value is -2.37. The lowest BCUT2D eigenvalue weighted by Gasteiger charge is -2.37. The van der Waals surface area contributed by atoms with Gasteiger partial charge in [-0.05, 0) is 38.2 Å². The molecule has 0 bridgehead atoms. The van der Waals surface area contributed by atoms with Crippen LogP contribution in [-0.4, -0.2) is 47.3 Å². The molecule has 2 aliphatic rings. The molecule has 2 N–H and O–H groups in total. The maximum Gasteiger partial charge on any atom is 0.246 e. The van der Waals surface area contributed by atoms with Crippen molar-refractivity contribution in [2.24, 2.45) is 0 Å². The van der Waals surface area contributed by atoms with E-state index in [1.54, 1.807) is 6.92 Å². The summed E-state index contributed by atoms with van der Waals surface area (Å²) in [6, 6.07) is 8.89. The first kappa shape index (κ1) is 19.4. The minimum atomic E-state index is -0.617. The van der Waals surface area contributed by atoms with E-state index in [2.05, 4.69) is 10.6 Å². The van der Waals surface area contributed by atoms with Crippen molar-refractivity contribution in [3.05, 3.63) is 35.9 Å². The van der Waals surface area contributed by atoms with E-state index in [4.69, 9.17) is 0 Å². The van der Waals surface area contributed by atoms with E-state index in [1.165, 1.54) is 11.3 Å². The third-order valence-corrected chi connectivity index (χ3v) is 5.52. The van der Waals surface area contributed by atoms with Crippen LogP contribution in [-0.2, 0) is 20.8 Å². The second kappa shape index (κ2) is 9.02. The number of carbonyl (C=O) groups excluding carboxylic acids is 3. The van der Waals surface area contributed by atoms with Gasteiger partial charge in [-0.3, -0.25) is 14.4 Å². The van der Waals surface area contributed by atoms with Gasteiger partial charge in [-0.1, -0.05) is 49.6 Å². The lowest BCUT2D eigenvalue weighted by Crippen LogP contribution is -2.62. The number of nitrogens with one attached hydrogen (secondary N) is 2. The third kappa shape index (κ3) is 5.08. The number of piperazine rings is 1. The molecule has 0 radical (unpaired) electrons. The Balaban J connectivity index is 1.73. The Morgan fingerprint density at radius 3 is 2.59 bits per heavy atom. The number of carbonyl (C=O) groups is 3. The van der Waals surface area contributed by atoms with Gasteiger partial charge in [0.2, 0.25) is 17.7 Å². The molecule has 0 aromatic heterocycles. The number of hydrogen-bond donors (Lipinski definition) is 2. The molecule has 1 aromatic carbocycles. The van der Waals surface area contributed by atoms with Gasteiger partial charge in [0.15, 0.2) is 0 Å². The summed E-state index contributed by atoms with van der Waals surface area (Å²) in [5.41, 5.74) is 1.12. The summed E-state index contributed by atoms with van der Waals surface area (Å²) in [6.45, 7) is 1.61. The van der Waals surface area contributed by atoms with Gasteiger partial charge in [0.25, 0.3) is 0 Å². The van der Waals surface area contributed by atoms with Crippen LogP contribution in [0.5, 0.6) is 0 Å². The fourth-order valence-electron chi connectivity index (χ4n) is 4.01. The minimum absolute atomic E-state index is 0.0548. The van der Waals surface area contributed by atoms with Gasteiger partial charge in [0.05, 0.1) is 0 Å². The predicted molar refractivity (Wildman–Crippen MR) is 103 cm³/mol. The fraction of sp³-hybridized carbons (Fsp3) is 0.571. The van der Waals surface area contributed by atoms with E-state index in [-0.39, 0.29) is 30.3 Å². The monoisotopic (exact) mass is 371 g/mol. The average Bonchev–Trinajstić information content (AvgIpc) is 2.67. The van der Waals surface area contributed by atoms with Crippen LogP contribution in [0.3, 0.4) is 0 Å². The van der Waals surface area contributed by atoms with Crippen molar-refractivity contribution >= 4 is 17.7 Å². The number of aryl methyl sites for hydroxylation is 1. The van der Waals surface area contributed by atoms with Gasteiger partial charge in [0.1, 0.15) is 18.6 Å². The smallest absolute Gasteiger partial charge is 0.246 e. The molecule has 1 heterocycles. The van der Waals surface area contributed by atoms with Crippen LogP contribution in [0.15, 0.2) is 30.3 Å². The van der Waals surface area contributed by atoms with Crippen molar-refractivity contribution in [2.45, 2.75) is 70.0 Å². The van der Waals surface area contributed by atoms with Gasteiger partial charge in [-0.2, -0.15) is 0 Å². The zero-order valence-electron chi connectivity index (χ0n) is 15.9. The highest BCUT2D eigenvalue weighted by atomic mass is 16.2. The topological polar surface area (TPSA) is 78.5 Å². The molecule has 0 spiro atoms. The van der Waals surface area contributed by atoms with Crippen LogP contribution in [0.25, 0.3) is 0 Å². The van der Waals surface area contributed by atoms with Gasteiger partial charge in [0, 0.05) is 6.04 Å². The Morgan fingerprint density at radius 2 is 1.89 bits per heavy atom. The molecule has 3 amide bonds. The van der Waals surface area contributed by atoms with Crippen molar-refractivity contribution in [3.63, 3.8) is 0 Å². The summed E-state index contributed by atoms with van der Waals surface area (Å²) in [5, 5.41) is 5.78. The van der Waals surface area contributed by atoms with Gasteiger partial charge >= 0.3 is 0 Å². The molecule has 146 valence electrons. The molecule has 3 rings (SSSR count). The van der Waals surface area contributed by atoms with Crippen LogP contribution in [0.1, 0.15) is 51.0 Å². The summed E-state index contributed by atoms with van der Waals surface area (Å²) in [5.74, 6) is -0.531. The summed E-state index contributed by atoms with van der Waals surface area (Å²) in [7, 11) is 0. The van der Waals surface area contributed by atoms with Crippen LogP contribution < -0.4 is 10.6 Å². The van der Waals surface area contributed by atoms with Crippen molar-refractivity contribution in [1.29, 1.82) is 0 Å². The normalized spacial score (nSPS) is 22.3. The Labute approximate surface area is 160 Å². The maximum atomic E-state index is 13.1. The number of benzene rings is 1. The number of rotatable bonds is 6. The van der Waals surface area contributed by atoms with Crippen LogP contribution in [0, 0.1) is 0 Å². The molecule has 2 fully saturated rings. The molecular formula is C21H29N3O3. The van der Waals surface area contributed by atoms with Crippen molar-refractivity contribution < 1.29 is 14.4 Å². The van der Waals surface area contributed by atoms with E-state index < -0.39 is 12.1 Å². The highest BCUT2D eigenvalue weighted by Crippen LogP contribution is 2.19. The van der Waals surface area contributed by atoms with Crippen LogP contribution in [0.2, 0.25) is 0 Å². The fourth-order valence-corrected chi connectivity index (χ4v) is 4.01. The quantitative estimate of drug-likeness (QED) is 0.800. The average molecular weight is 371 g/mol. The molecule has 1 saturated heterocycles. The number of hydrogen-bond acceptors (Lipinski definition) is 3. The molecular weight excluding hydrogens is 342 g/mol. The third-order valence-electron chi connectivity index (χ3n) is 5.52. The standard InChI is InChI=1S/C21H29N3O3/c1-15-21(27)24(14-19(25)22-15)18(13-12-16-8-4-2-5-9-16)20(26)23-17-10-6-3-7-11-17/h2,4-5,8-9,15,17-18H,3,6-7,10-14H2,1H3,(H,22,25)(H,23,26)/t15-,18?/m0/s1. The van der Waals surface area contributed by atoms with E-state index in [0.717, 1.165) is 31.2 Å². The zero-order valence-corrected chi connectivity index (χ0v) is 15.9. The Bertz CT molecular complexity index is 671. The molecule has 6 heteroatoms. The SMILES string of the molecule is C[C@@H]1NC(=O)CN(C(CCc2ccccc2)C(=O)NC2CCCCC2)C1=O. The van der Waals surface area contributed by atoms with Crippen molar-refractivity contribution in [2.75, 3.05) is 6.54 Å². The van der Waals surface area contributed by atoms with E-state index >= 15 is 0 Å². The molecule has 1 aliphatic carbocycles. The highest BCUT2D eigenvalue weighted by Gasteiger charge is 2.37. The molecule has 2 atom stereocenters. The largest absolute Gasteiger partial charge is 0.352 e. The summed E-state index contributed by atoms with van der Waals surface area (Å²) >= 11 is 0. The molecule has 1 aromatic rings. The van der Waals surface area contributed by atoms with E-state index in [9.17, 15) is 14.4 Å². The number of amides is 3. The van der Waals surface area contributed by atoms with Gasteiger partial charge < -0.3 is 15.5 Å². The summed E-state index contributed by atoms with van der Waals surface area (Å²) in [4.78, 5) is 39.2. The lowest BCUT2D eigenvalue weighted by atomic mass is 9.94. The first-order valence-electron chi connectivity index (χ1n) is 9.98. The van der Waals surface area contributed by atoms with Gasteiger partial charge in [-0.15, -0.1) is 0 Å². The van der Waals surface area contributed by atoms with Crippen LogP contribution >= 0.6 is 0 Å². The minimum Gasteiger partial charge on any atom is -0.352 e. The van der Waals surface area contributed by atoms with Crippen molar-refractivity contribution in [3.8, 4) is 0 Å². The molecule has 27 heavy (non-hydrogen) atoms. The van der Waals surface area contributed by atoms with Gasteiger partial charge in [-0.25, -0.2) is 0 Å². The first-order valence-corrected chi connectivity index (χ1v) is 9.98. The van der Waals surface area contributed by atoms with Crippen LogP contribution in [0.4, 0.5) is 0 Å². The van der Waals surface area contributed by atoms with Crippen molar-refractivity contribution in [1.82, 2.24) is 15.5 Å². The molecule has 6 nitrogen and oxygen atoms in total. The summed E-state index contributed by atoms with van der Waals surface area (Å²) in [6.07, 6.45) is 6.64. The summed E-state index contributed by atoms with van der Waals surface area (Å²) < 4.78 is 0. The highest BCUT2D eigenvalue weighted by molar-refractivity contribution is 5.97. The lowest BCUT2D eigenvalue weighted by molar-refractivity contribution is -0.150. The first-order chi connectivity index (χ1) is 13.0. The molecule has 1 saturated carbocycles. The Kier molecular flexibility index (Phi) is 6.48. The molecule has 1 unspecified atom stereocenters. The molecule has 1 aliphatic heterocycles. The Morgan fingerprint density at radius 1 is 1.19 bits per heavy atom. The second-order valence-corrected chi connectivity index (χ2v) is 7.64.